The van der Waals surface area contributed by atoms with Crippen LogP contribution in [0, 0.1) is 0 Å². The molecule has 1 rings (SSSR count). The van der Waals surface area contributed by atoms with Crippen molar-refractivity contribution in [2.75, 3.05) is 20.2 Å². The third kappa shape index (κ3) is 5.95. The van der Waals surface area contributed by atoms with Crippen molar-refractivity contribution in [2.24, 2.45) is 0 Å². The van der Waals surface area contributed by atoms with Crippen molar-refractivity contribution in [1.29, 1.82) is 0 Å². The average molecular weight is 453 g/mol. The van der Waals surface area contributed by atoms with Crippen molar-refractivity contribution in [1.82, 2.24) is 4.90 Å². The summed E-state index contributed by atoms with van der Waals surface area (Å²) in [4.78, 5) is 23.8. The molecule has 0 saturated heterocycles. The third-order valence-corrected chi connectivity index (χ3v) is 4.70. The molecule has 10 heteroatoms. The molecule has 0 atom stereocenters. The number of carbonyl (C=O) groups is 2. The predicted octanol–water partition coefficient (Wildman–Crippen LogP) is 3.84. The zero-order valence-electron chi connectivity index (χ0n) is 10.7. The Hall–Kier alpha value is -0.610. The maximum absolute atomic E-state index is 12.6. The van der Waals surface area contributed by atoms with Crippen molar-refractivity contribution < 1.29 is 27.5 Å². The highest BCUT2D eigenvalue weighted by Gasteiger charge is 2.34. The molecule has 0 unspecified atom stereocenters. The number of esters is 1. The minimum atomic E-state index is -4.55. The predicted molar refractivity (Wildman–Crippen MR) is 78.3 cm³/mol. The van der Waals surface area contributed by atoms with Crippen LogP contribution in [0.4, 0.5) is 13.2 Å². The maximum atomic E-state index is 12.6. The van der Waals surface area contributed by atoms with Gasteiger partial charge in [-0.05, 0) is 37.9 Å². The van der Waals surface area contributed by atoms with E-state index in [1.807, 2.05) is 0 Å². The molecule has 0 spiro atoms. The van der Waals surface area contributed by atoms with Gasteiger partial charge < -0.3 is 9.64 Å². The summed E-state index contributed by atoms with van der Waals surface area (Å²) in [5, 5.41) is 0. The van der Waals surface area contributed by atoms with Crippen LogP contribution < -0.4 is 0 Å². The summed E-state index contributed by atoms with van der Waals surface area (Å²) in [5.74, 6) is -1.48. The highest BCUT2D eigenvalue weighted by molar-refractivity contribution is 9.12. The standard InChI is InChI=1S/C11H10Br2F3NO3S/c1-20-8(18)2-3-17(5-11(14,15)16)10(19)6-4-7(12)21-9(6)13/h4H,2-3,5H2,1H3. The van der Waals surface area contributed by atoms with Crippen LogP contribution in [0.15, 0.2) is 13.6 Å². The molecule has 1 aromatic rings. The Balaban J connectivity index is 2.91. The van der Waals surface area contributed by atoms with Gasteiger partial charge >= 0.3 is 12.1 Å². The molecule has 0 radical (unpaired) electrons. The number of carbonyl (C=O) groups excluding carboxylic acids is 2. The van der Waals surface area contributed by atoms with Crippen molar-refractivity contribution in [3.8, 4) is 0 Å². The molecule has 0 aliphatic carbocycles. The van der Waals surface area contributed by atoms with E-state index in [0.717, 1.165) is 7.11 Å². The molecule has 0 fully saturated rings. The van der Waals surface area contributed by atoms with E-state index in [9.17, 15) is 22.8 Å². The van der Waals surface area contributed by atoms with E-state index in [1.54, 1.807) is 0 Å². The minimum Gasteiger partial charge on any atom is -0.469 e. The summed E-state index contributed by atoms with van der Waals surface area (Å²) in [5.41, 5.74) is 0.112. The molecule has 0 saturated carbocycles. The smallest absolute Gasteiger partial charge is 0.406 e. The Kier molecular flexibility index (Phi) is 6.67. The number of halogens is 5. The van der Waals surface area contributed by atoms with Crippen LogP contribution in [0.3, 0.4) is 0 Å². The molecule has 4 nitrogen and oxygen atoms in total. The number of alkyl halides is 3. The lowest BCUT2D eigenvalue weighted by Crippen LogP contribution is -2.40. The number of hydrogen-bond donors (Lipinski definition) is 0. The van der Waals surface area contributed by atoms with Crippen LogP contribution in [-0.4, -0.2) is 43.2 Å². The van der Waals surface area contributed by atoms with E-state index >= 15 is 0 Å². The lowest BCUT2D eigenvalue weighted by molar-refractivity contribution is -0.147. The zero-order valence-corrected chi connectivity index (χ0v) is 14.7. The van der Waals surface area contributed by atoms with Gasteiger partial charge in [0, 0.05) is 6.54 Å². The Morgan fingerprint density at radius 3 is 2.43 bits per heavy atom. The summed E-state index contributed by atoms with van der Waals surface area (Å²) < 4.78 is 43.1. The normalized spacial score (nSPS) is 11.3. The molecule has 1 amide bonds. The number of amides is 1. The third-order valence-electron chi connectivity index (χ3n) is 2.36. The summed E-state index contributed by atoms with van der Waals surface area (Å²) in [6, 6.07) is 1.43. The molecule has 0 N–H and O–H groups in total. The van der Waals surface area contributed by atoms with E-state index in [4.69, 9.17) is 0 Å². The van der Waals surface area contributed by atoms with Crippen LogP contribution in [0.25, 0.3) is 0 Å². The van der Waals surface area contributed by atoms with Crippen LogP contribution in [-0.2, 0) is 9.53 Å². The van der Waals surface area contributed by atoms with Crippen molar-refractivity contribution in [3.63, 3.8) is 0 Å². The molecule has 0 aromatic carbocycles. The average Bonchev–Trinajstić information content (AvgIpc) is 2.70. The van der Waals surface area contributed by atoms with Crippen molar-refractivity contribution in [3.05, 3.63) is 19.2 Å². The van der Waals surface area contributed by atoms with Gasteiger partial charge in [0.25, 0.3) is 5.91 Å². The largest absolute Gasteiger partial charge is 0.469 e. The highest BCUT2D eigenvalue weighted by atomic mass is 79.9. The Morgan fingerprint density at radius 1 is 1.38 bits per heavy atom. The number of ether oxygens (including phenoxy) is 1. The van der Waals surface area contributed by atoms with E-state index in [1.165, 1.54) is 17.4 Å². The highest BCUT2D eigenvalue weighted by Crippen LogP contribution is 2.33. The Bertz CT molecular complexity index is 533. The zero-order chi connectivity index (χ0) is 16.2. The monoisotopic (exact) mass is 451 g/mol. The first-order valence-electron chi connectivity index (χ1n) is 5.51. The van der Waals surface area contributed by atoms with Gasteiger partial charge in [-0.25, -0.2) is 0 Å². The second-order valence-corrected chi connectivity index (χ2v) is 7.66. The number of rotatable bonds is 5. The lowest BCUT2D eigenvalue weighted by atomic mass is 10.2. The second kappa shape index (κ2) is 7.59. The quantitative estimate of drug-likeness (QED) is 0.637. The maximum Gasteiger partial charge on any atom is 0.406 e. The number of methoxy groups -OCH3 is 1. The molecular formula is C11H10Br2F3NO3S. The molecule has 118 valence electrons. The van der Waals surface area contributed by atoms with Crippen molar-refractivity contribution >= 4 is 55.1 Å². The van der Waals surface area contributed by atoms with Gasteiger partial charge in [0.2, 0.25) is 0 Å². The molecule has 1 heterocycles. The number of hydrogen-bond acceptors (Lipinski definition) is 4. The van der Waals surface area contributed by atoms with Crippen LogP contribution in [0.2, 0.25) is 0 Å². The Labute approximate surface area is 139 Å². The molecule has 0 aliphatic heterocycles. The first kappa shape index (κ1) is 18.4. The van der Waals surface area contributed by atoms with Gasteiger partial charge in [-0.15, -0.1) is 11.3 Å². The van der Waals surface area contributed by atoms with E-state index in [-0.39, 0.29) is 18.5 Å². The first-order valence-corrected chi connectivity index (χ1v) is 7.92. The summed E-state index contributed by atoms with van der Waals surface area (Å²) in [7, 11) is 1.13. The van der Waals surface area contributed by atoms with Crippen molar-refractivity contribution in [2.45, 2.75) is 12.6 Å². The molecular weight excluding hydrogens is 443 g/mol. The SMILES string of the molecule is COC(=O)CCN(CC(F)(F)F)C(=O)c1cc(Br)sc1Br. The minimum absolute atomic E-state index is 0.112. The van der Waals surface area contributed by atoms with Gasteiger partial charge in [0.15, 0.2) is 0 Å². The summed E-state index contributed by atoms with van der Waals surface area (Å²) in [6.07, 6.45) is -4.85. The molecule has 0 bridgehead atoms. The topological polar surface area (TPSA) is 46.6 Å². The molecule has 21 heavy (non-hydrogen) atoms. The van der Waals surface area contributed by atoms with E-state index in [2.05, 4.69) is 36.6 Å². The first-order chi connectivity index (χ1) is 9.64. The fourth-order valence-electron chi connectivity index (χ4n) is 1.45. The molecule has 1 aromatic heterocycles. The summed E-state index contributed by atoms with van der Waals surface area (Å²) in [6.45, 7) is -1.80. The van der Waals surface area contributed by atoms with Gasteiger partial charge in [-0.3, -0.25) is 9.59 Å². The van der Waals surface area contributed by atoms with Gasteiger partial charge in [-0.1, -0.05) is 0 Å². The number of thiophene rings is 1. The van der Waals surface area contributed by atoms with Crippen LogP contribution >= 0.6 is 43.2 Å². The van der Waals surface area contributed by atoms with Crippen LogP contribution in [0.1, 0.15) is 16.8 Å². The van der Waals surface area contributed by atoms with Gasteiger partial charge in [0.1, 0.15) is 6.54 Å². The van der Waals surface area contributed by atoms with E-state index < -0.39 is 24.6 Å². The Morgan fingerprint density at radius 2 is 2.00 bits per heavy atom. The summed E-state index contributed by atoms with van der Waals surface area (Å²) >= 11 is 7.46. The number of nitrogens with zero attached hydrogens (tertiary/aromatic N) is 1. The van der Waals surface area contributed by atoms with Crippen LogP contribution in [0.5, 0.6) is 0 Å². The van der Waals surface area contributed by atoms with Gasteiger partial charge in [0.05, 0.1) is 26.7 Å². The fraction of sp³-hybridized carbons (Fsp3) is 0.455. The van der Waals surface area contributed by atoms with E-state index in [0.29, 0.717) is 12.5 Å². The second-order valence-electron chi connectivity index (χ2n) is 3.91. The fourth-order valence-corrected chi connectivity index (χ4v) is 4.23. The van der Waals surface area contributed by atoms with Gasteiger partial charge in [-0.2, -0.15) is 13.2 Å². The molecule has 0 aliphatic rings. The lowest BCUT2D eigenvalue weighted by Gasteiger charge is -2.23.